The van der Waals surface area contributed by atoms with Crippen LogP contribution in [0.1, 0.15) is 23.4 Å². The van der Waals surface area contributed by atoms with Crippen molar-refractivity contribution in [2.45, 2.75) is 12.8 Å². The minimum absolute atomic E-state index is 0.00477. The van der Waals surface area contributed by atoms with Crippen LogP contribution in [0.5, 0.6) is 0 Å². The number of nitriles is 2. The van der Waals surface area contributed by atoms with Crippen molar-refractivity contribution in [2.24, 2.45) is 0 Å². The molecule has 0 amide bonds. The van der Waals surface area contributed by atoms with Crippen LogP contribution in [0, 0.1) is 26.2 Å². The number of aromatic nitrogens is 1. The molecule has 0 N–H and O–H groups in total. The number of halogens is 3. The van der Waals surface area contributed by atoms with Gasteiger partial charge in [-0.3, -0.25) is 0 Å². The molecule has 15 heavy (non-hydrogen) atoms. The Kier molecular flexibility index (Phi) is 3.92. The molecular weight excluding hydrogens is 315 g/mol. The highest BCUT2D eigenvalue weighted by Crippen LogP contribution is 2.26. The third-order valence-electron chi connectivity index (χ3n) is 1.65. The van der Waals surface area contributed by atoms with E-state index in [4.69, 9.17) is 10.5 Å². The summed E-state index contributed by atoms with van der Waals surface area (Å²) in [6.45, 7) is 0. The summed E-state index contributed by atoms with van der Waals surface area (Å²) >= 11 is 1.71. The van der Waals surface area contributed by atoms with E-state index in [9.17, 15) is 8.78 Å². The SMILES string of the molecule is N#CCc1cc(C#N)nc(C(F)F)c1I. The molecule has 3 nitrogen and oxygen atoms in total. The van der Waals surface area contributed by atoms with E-state index in [-0.39, 0.29) is 15.7 Å². The summed E-state index contributed by atoms with van der Waals surface area (Å²) in [7, 11) is 0. The molecule has 0 atom stereocenters. The number of hydrogen-bond acceptors (Lipinski definition) is 3. The van der Waals surface area contributed by atoms with Crippen LogP contribution in [0.4, 0.5) is 8.78 Å². The van der Waals surface area contributed by atoms with Crippen LogP contribution in [0.2, 0.25) is 0 Å². The van der Waals surface area contributed by atoms with Gasteiger partial charge >= 0.3 is 0 Å². The second-order valence-corrected chi connectivity index (χ2v) is 3.69. The normalized spacial score (nSPS) is 9.73. The summed E-state index contributed by atoms with van der Waals surface area (Å²) in [6, 6.07) is 4.90. The quantitative estimate of drug-likeness (QED) is 0.787. The number of nitrogens with zero attached hydrogens (tertiary/aromatic N) is 3. The second-order valence-electron chi connectivity index (χ2n) is 2.61. The zero-order valence-electron chi connectivity index (χ0n) is 7.34. The van der Waals surface area contributed by atoms with Gasteiger partial charge in [-0.2, -0.15) is 10.5 Å². The van der Waals surface area contributed by atoms with Crippen LogP contribution >= 0.6 is 22.6 Å². The highest BCUT2D eigenvalue weighted by atomic mass is 127. The van der Waals surface area contributed by atoms with E-state index in [1.54, 1.807) is 28.7 Å². The van der Waals surface area contributed by atoms with Crippen molar-refractivity contribution in [1.82, 2.24) is 4.98 Å². The molecule has 0 spiro atoms. The molecule has 0 aromatic carbocycles. The largest absolute Gasteiger partial charge is 0.281 e. The van der Waals surface area contributed by atoms with Gasteiger partial charge in [0, 0.05) is 3.57 Å². The molecule has 6 heteroatoms. The molecule has 0 fully saturated rings. The van der Waals surface area contributed by atoms with Crippen LogP contribution in [0.15, 0.2) is 6.07 Å². The summed E-state index contributed by atoms with van der Waals surface area (Å²) in [5.41, 5.74) is -0.101. The molecule has 0 saturated carbocycles. The monoisotopic (exact) mass is 319 g/mol. The van der Waals surface area contributed by atoms with Gasteiger partial charge < -0.3 is 0 Å². The first-order valence-corrected chi connectivity index (χ1v) is 4.92. The Morgan fingerprint density at radius 2 is 2.13 bits per heavy atom. The van der Waals surface area contributed by atoms with Gasteiger partial charge in [-0.05, 0) is 34.2 Å². The summed E-state index contributed by atoms with van der Waals surface area (Å²) in [5, 5.41) is 17.1. The van der Waals surface area contributed by atoms with Crippen LogP contribution in [-0.2, 0) is 6.42 Å². The Labute approximate surface area is 98.5 Å². The van der Waals surface area contributed by atoms with Crippen molar-refractivity contribution >= 4 is 22.6 Å². The molecule has 0 unspecified atom stereocenters. The number of rotatable bonds is 2. The standard InChI is InChI=1S/C9H4F2IN3/c10-9(11)8-7(12)5(1-2-13)3-6(4-14)15-8/h3,9H,1H2. The van der Waals surface area contributed by atoms with Crippen molar-refractivity contribution < 1.29 is 8.78 Å². The van der Waals surface area contributed by atoms with E-state index in [0.29, 0.717) is 5.56 Å². The minimum Gasteiger partial charge on any atom is -0.235 e. The number of pyridine rings is 1. The fourth-order valence-electron chi connectivity index (χ4n) is 1.02. The molecule has 1 heterocycles. The fourth-order valence-corrected chi connectivity index (χ4v) is 1.72. The van der Waals surface area contributed by atoms with Crippen LogP contribution in [0.25, 0.3) is 0 Å². The molecule has 0 bridgehead atoms. The number of hydrogen-bond donors (Lipinski definition) is 0. The van der Waals surface area contributed by atoms with E-state index in [1.165, 1.54) is 6.07 Å². The highest BCUT2D eigenvalue weighted by molar-refractivity contribution is 14.1. The van der Waals surface area contributed by atoms with E-state index >= 15 is 0 Å². The average molecular weight is 319 g/mol. The van der Waals surface area contributed by atoms with Gasteiger partial charge in [0.25, 0.3) is 6.43 Å². The van der Waals surface area contributed by atoms with Gasteiger partial charge in [0.1, 0.15) is 17.5 Å². The van der Waals surface area contributed by atoms with Gasteiger partial charge in [-0.25, -0.2) is 13.8 Å². The van der Waals surface area contributed by atoms with Crippen molar-refractivity contribution in [3.05, 3.63) is 26.6 Å². The third kappa shape index (κ3) is 2.60. The maximum Gasteiger partial charge on any atom is 0.281 e. The lowest BCUT2D eigenvalue weighted by Gasteiger charge is -2.06. The first-order valence-electron chi connectivity index (χ1n) is 3.84. The van der Waals surface area contributed by atoms with Gasteiger partial charge in [-0.15, -0.1) is 0 Å². The summed E-state index contributed by atoms with van der Waals surface area (Å²) < 4.78 is 25.3. The molecule has 0 radical (unpaired) electrons. The van der Waals surface area contributed by atoms with Gasteiger partial charge in [0.2, 0.25) is 0 Å². The van der Waals surface area contributed by atoms with Crippen LogP contribution < -0.4 is 0 Å². The van der Waals surface area contributed by atoms with E-state index in [2.05, 4.69) is 4.98 Å². The molecular formula is C9H4F2IN3. The minimum atomic E-state index is -2.73. The predicted octanol–water partition coefficient (Wildman–Crippen LogP) is 2.56. The molecule has 0 saturated heterocycles. The Morgan fingerprint density at radius 1 is 1.47 bits per heavy atom. The fraction of sp³-hybridized carbons (Fsp3) is 0.222. The molecule has 0 aliphatic rings. The Bertz CT molecular complexity index is 460. The highest BCUT2D eigenvalue weighted by Gasteiger charge is 2.17. The molecule has 1 aromatic rings. The van der Waals surface area contributed by atoms with Crippen molar-refractivity contribution in [3.63, 3.8) is 0 Å². The molecule has 1 aromatic heterocycles. The first-order chi connectivity index (χ1) is 7.10. The second kappa shape index (κ2) is 4.99. The topological polar surface area (TPSA) is 60.5 Å². The van der Waals surface area contributed by atoms with Crippen molar-refractivity contribution in [1.29, 1.82) is 10.5 Å². The van der Waals surface area contributed by atoms with Gasteiger partial charge in [0.15, 0.2) is 0 Å². The van der Waals surface area contributed by atoms with Gasteiger partial charge in [0.05, 0.1) is 12.5 Å². The summed E-state index contributed by atoms with van der Waals surface area (Å²) in [4.78, 5) is 3.51. The molecule has 0 aliphatic carbocycles. The average Bonchev–Trinajstić information content (AvgIpc) is 2.21. The first kappa shape index (κ1) is 11.8. The zero-order chi connectivity index (χ0) is 11.4. The van der Waals surface area contributed by atoms with Gasteiger partial charge in [-0.1, -0.05) is 0 Å². The maximum atomic E-state index is 12.5. The third-order valence-corrected chi connectivity index (χ3v) is 2.89. The van der Waals surface area contributed by atoms with Crippen molar-refractivity contribution in [2.75, 3.05) is 0 Å². The van der Waals surface area contributed by atoms with Crippen molar-refractivity contribution in [3.8, 4) is 12.1 Å². The smallest absolute Gasteiger partial charge is 0.235 e. The number of alkyl halides is 2. The lowest BCUT2D eigenvalue weighted by molar-refractivity contribution is 0.145. The molecule has 76 valence electrons. The lowest BCUT2D eigenvalue weighted by atomic mass is 10.1. The Hall–Kier alpha value is -1.28. The zero-order valence-corrected chi connectivity index (χ0v) is 9.49. The summed E-state index contributed by atoms with van der Waals surface area (Å²) in [6.07, 6.45) is -2.74. The predicted molar refractivity (Wildman–Crippen MR) is 55.9 cm³/mol. The Balaban J connectivity index is 3.36. The van der Waals surface area contributed by atoms with E-state index in [0.717, 1.165) is 0 Å². The molecule has 0 aliphatic heterocycles. The van der Waals surface area contributed by atoms with E-state index in [1.807, 2.05) is 6.07 Å². The molecule has 1 rings (SSSR count). The van der Waals surface area contributed by atoms with Crippen LogP contribution in [-0.4, -0.2) is 4.98 Å². The maximum absolute atomic E-state index is 12.5. The lowest BCUT2D eigenvalue weighted by Crippen LogP contribution is -2.02. The summed E-state index contributed by atoms with van der Waals surface area (Å²) in [5.74, 6) is 0. The van der Waals surface area contributed by atoms with E-state index < -0.39 is 12.1 Å². The van der Waals surface area contributed by atoms with Crippen LogP contribution in [0.3, 0.4) is 0 Å². The Morgan fingerprint density at radius 3 is 2.60 bits per heavy atom.